The van der Waals surface area contributed by atoms with Gasteiger partial charge in [-0.05, 0) is 33.1 Å². The van der Waals surface area contributed by atoms with Crippen LogP contribution in [0.15, 0.2) is 44.8 Å². The molecule has 17 nitrogen and oxygen atoms in total. The van der Waals surface area contributed by atoms with E-state index in [0.717, 1.165) is 0 Å². The van der Waals surface area contributed by atoms with Gasteiger partial charge in [-0.25, -0.2) is 19.7 Å². The summed E-state index contributed by atoms with van der Waals surface area (Å²) in [6.07, 6.45) is 6.21. The van der Waals surface area contributed by atoms with Gasteiger partial charge in [-0.3, -0.25) is 14.8 Å². The van der Waals surface area contributed by atoms with E-state index < -0.39 is 41.9 Å². The molecule has 0 radical (unpaired) electrons. The summed E-state index contributed by atoms with van der Waals surface area (Å²) in [6.45, 7) is 2.82. The number of carbonyl (C=O) groups is 2. The normalized spacial score (nSPS) is 21.3. The molecule has 3 atom stereocenters. The number of fused-ring (bicyclic) bond motifs is 3. The number of aliphatic imine (C=N–C) groups is 3. The topological polar surface area (TPSA) is 238 Å². The Labute approximate surface area is 286 Å². The standard InChI is InChI=1S/C33H37N7O10/c1-4-48-30(45)27-19(14-42)17(7-10-39-11-9-35-32(39)40-16-36-23-28(40)37-31(34)38-29(23)44)22-25(47-3)18-13-21(33(2,46)8-5-6-12-41)49-24(18)20(15-43)26(22)50-27/h7,9,11,14,21,41,43,46H,4-6,8,10,12-13,15-16H2,1-3H3,(H2,34,38,44)/t21-,33-/m0/s1. The molecule has 4 aliphatic rings. The Hall–Kier alpha value is -5.23. The molecule has 0 fully saturated rings. The Kier molecular flexibility index (Phi) is 9.66. The molecule has 4 aliphatic heterocycles. The number of esters is 1. The second-order valence-electron chi connectivity index (χ2n) is 12.1. The zero-order chi connectivity index (χ0) is 35.7. The van der Waals surface area contributed by atoms with E-state index in [4.69, 9.17) is 24.4 Å². The summed E-state index contributed by atoms with van der Waals surface area (Å²) in [5.41, 5.74) is -0.136. The highest BCUT2D eigenvalue weighted by Gasteiger charge is 2.45. The predicted molar refractivity (Wildman–Crippen MR) is 175 cm³/mol. The quantitative estimate of drug-likeness (QED) is 0.0983. The van der Waals surface area contributed by atoms with Crippen molar-refractivity contribution in [3.05, 3.63) is 46.5 Å². The van der Waals surface area contributed by atoms with Crippen molar-refractivity contribution in [1.82, 2.24) is 9.55 Å². The van der Waals surface area contributed by atoms with Crippen LogP contribution in [0.4, 0.5) is 5.95 Å². The van der Waals surface area contributed by atoms with Gasteiger partial charge in [-0.15, -0.1) is 0 Å². The Balaban J connectivity index is 1.46. The van der Waals surface area contributed by atoms with Gasteiger partial charge in [-0.2, -0.15) is 9.98 Å². The maximum Gasteiger partial charge on any atom is 0.375 e. The molecule has 264 valence electrons. The molecule has 0 aliphatic carbocycles. The van der Waals surface area contributed by atoms with Gasteiger partial charge in [0.15, 0.2) is 18.7 Å². The van der Waals surface area contributed by atoms with E-state index in [1.165, 1.54) is 7.11 Å². The van der Waals surface area contributed by atoms with Gasteiger partial charge < -0.3 is 39.4 Å². The minimum atomic E-state index is -1.31. The fourth-order valence-corrected chi connectivity index (χ4v) is 6.52. The van der Waals surface area contributed by atoms with Crippen LogP contribution in [0.25, 0.3) is 5.57 Å². The van der Waals surface area contributed by atoms with Gasteiger partial charge in [0.25, 0.3) is 5.84 Å². The number of carbonyl (C=O) groups excluding carboxylic acids is 2. The first kappa shape index (κ1) is 34.6. The van der Waals surface area contributed by atoms with Crippen molar-refractivity contribution in [2.75, 3.05) is 27.0 Å². The number of benzene rings is 1. The summed E-state index contributed by atoms with van der Waals surface area (Å²) in [5.74, 6) is -1.24. The van der Waals surface area contributed by atoms with Gasteiger partial charge in [0.05, 0.1) is 48.8 Å². The predicted octanol–water partition coefficient (Wildman–Crippen LogP) is -0.873. The molecule has 50 heavy (non-hydrogen) atoms. The zero-order valence-electron chi connectivity index (χ0n) is 27.7. The summed E-state index contributed by atoms with van der Waals surface area (Å²) >= 11 is 0. The number of quaternary nitrogens is 1. The Morgan fingerprint density at radius 2 is 2.08 bits per heavy atom. The lowest BCUT2D eigenvalue weighted by Gasteiger charge is -2.30. The summed E-state index contributed by atoms with van der Waals surface area (Å²) in [7, 11) is 1.43. The van der Waals surface area contributed by atoms with E-state index in [-0.39, 0.29) is 83.9 Å². The zero-order valence-corrected chi connectivity index (χ0v) is 27.7. The monoisotopic (exact) mass is 691 g/mol. The summed E-state index contributed by atoms with van der Waals surface area (Å²) in [6, 6.07) is 0. The number of aliphatic hydroxyl groups excluding tert-OH is 2. The highest BCUT2D eigenvalue weighted by Crippen LogP contribution is 2.54. The lowest BCUT2D eigenvalue weighted by molar-refractivity contribution is -0.730. The van der Waals surface area contributed by atoms with Crippen molar-refractivity contribution in [2.24, 2.45) is 15.0 Å². The minimum absolute atomic E-state index is 0.00153. The molecule has 0 amide bonds. The number of aliphatic hydroxyl groups is 3. The number of hydrogen-bond donors (Lipinski definition) is 5. The van der Waals surface area contributed by atoms with Crippen LogP contribution >= 0.6 is 0 Å². The number of nitrogens with zero attached hydrogens (tertiary/aromatic N) is 5. The van der Waals surface area contributed by atoms with Crippen molar-refractivity contribution in [3.8, 4) is 17.2 Å². The largest absolute Gasteiger partial charge is 0.857 e. The number of aldehydes is 1. The highest BCUT2D eigenvalue weighted by molar-refractivity contribution is 6.66. The SMILES string of the molecule is CCOC(=O)C1=C(C=O)C(=CCn2ccnc2[NH+]2CN=C3C([O-])=NC(=N)N=C32)c2c(OC)c3c(c(CO)c2O1)O[C@H]([C@@](C)(O)CCCCO)C3. The number of aromatic nitrogens is 2. The lowest BCUT2D eigenvalue weighted by atomic mass is 9.86. The Bertz CT molecular complexity index is 1910. The number of amidine groups is 1. The van der Waals surface area contributed by atoms with Crippen molar-refractivity contribution >= 4 is 47.2 Å². The smallest absolute Gasteiger partial charge is 0.375 e. The first-order chi connectivity index (χ1) is 24.1. The van der Waals surface area contributed by atoms with E-state index in [1.807, 2.05) is 0 Å². The second kappa shape index (κ2) is 13.9. The van der Waals surface area contributed by atoms with Gasteiger partial charge in [0.1, 0.15) is 23.4 Å². The average molecular weight is 692 g/mol. The maximum absolute atomic E-state index is 13.2. The number of hydrogen-bond acceptors (Lipinski definition) is 13. The summed E-state index contributed by atoms with van der Waals surface area (Å²) in [5, 5.41) is 51.5. The number of ether oxygens (including phenoxy) is 4. The molecular weight excluding hydrogens is 654 g/mol. The molecule has 5 N–H and O–H groups in total. The molecule has 17 heteroatoms. The molecular formula is C33H37N7O10. The number of nitrogens with one attached hydrogen (secondary N) is 2. The number of unbranched alkanes of at least 4 members (excludes halogenated alkanes) is 1. The Morgan fingerprint density at radius 1 is 1.28 bits per heavy atom. The van der Waals surface area contributed by atoms with Crippen LogP contribution in [0.5, 0.6) is 17.2 Å². The van der Waals surface area contributed by atoms with Gasteiger partial charge >= 0.3 is 11.9 Å². The van der Waals surface area contributed by atoms with E-state index in [9.17, 15) is 30.0 Å². The number of guanidine groups is 1. The summed E-state index contributed by atoms with van der Waals surface area (Å²) in [4.78, 5) is 42.9. The van der Waals surface area contributed by atoms with Crippen molar-refractivity contribution in [3.63, 3.8) is 0 Å². The van der Waals surface area contributed by atoms with Crippen molar-refractivity contribution in [2.45, 2.75) is 64.4 Å². The summed E-state index contributed by atoms with van der Waals surface area (Å²) < 4.78 is 25.3. The number of rotatable bonds is 13. The van der Waals surface area contributed by atoms with Gasteiger partial charge in [0.2, 0.25) is 11.7 Å². The minimum Gasteiger partial charge on any atom is -0.857 e. The third kappa shape index (κ3) is 5.97. The molecule has 6 rings (SSSR count). The molecule has 0 spiro atoms. The number of methoxy groups -OCH3 is 1. The fraction of sp³-hybridized carbons (Fsp3) is 0.424. The third-order valence-electron chi connectivity index (χ3n) is 8.94. The van der Waals surface area contributed by atoms with Crippen LogP contribution in [-0.4, -0.2) is 99.2 Å². The molecule has 0 saturated carbocycles. The van der Waals surface area contributed by atoms with Crippen LogP contribution < -0.4 is 24.2 Å². The first-order valence-electron chi connectivity index (χ1n) is 16.1. The fourth-order valence-electron chi connectivity index (χ4n) is 6.52. The molecule has 1 unspecified atom stereocenters. The molecule has 2 aromatic rings. The van der Waals surface area contributed by atoms with Crippen LogP contribution in [0.2, 0.25) is 0 Å². The van der Waals surface area contributed by atoms with E-state index in [0.29, 0.717) is 42.0 Å². The van der Waals surface area contributed by atoms with E-state index in [2.05, 4.69) is 20.0 Å². The van der Waals surface area contributed by atoms with E-state index >= 15 is 0 Å². The molecule has 0 bridgehead atoms. The van der Waals surface area contributed by atoms with Crippen LogP contribution in [0.3, 0.4) is 0 Å². The molecule has 1 aromatic carbocycles. The third-order valence-corrected chi connectivity index (χ3v) is 8.94. The number of allylic oxidation sites excluding steroid dienone is 3. The van der Waals surface area contributed by atoms with E-state index in [1.54, 1.807) is 36.9 Å². The van der Waals surface area contributed by atoms with Crippen LogP contribution in [0.1, 0.15) is 49.8 Å². The molecule has 5 heterocycles. The Morgan fingerprint density at radius 3 is 2.78 bits per heavy atom. The van der Waals surface area contributed by atoms with Gasteiger partial charge in [-0.1, -0.05) is 6.08 Å². The molecule has 1 aromatic heterocycles. The number of imidazole rings is 1. The van der Waals surface area contributed by atoms with Crippen molar-refractivity contribution < 1.29 is 53.9 Å². The van der Waals surface area contributed by atoms with Gasteiger partial charge in [0, 0.05) is 42.8 Å². The molecule has 0 saturated heterocycles. The highest BCUT2D eigenvalue weighted by atomic mass is 16.6. The van der Waals surface area contributed by atoms with Crippen molar-refractivity contribution in [1.29, 1.82) is 5.41 Å². The van der Waals surface area contributed by atoms with Crippen LogP contribution in [0, 0.1) is 5.41 Å². The second-order valence-corrected chi connectivity index (χ2v) is 12.1. The van der Waals surface area contributed by atoms with Crippen LogP contribution in [-0.2, 0) is 33.9 Å². The first-order valence-corrected chi connectivity index (χ1v) is 16.1. The average Bonchev–Trinajstić information content (AvgIpc) is 3.84. The lowest BCUT2D eigenvalue weighted by Crippen LogP contribution is -3.10. The maximum atomic E-state index is 13.2.